The zero-order valence-electron chi connectivity index (χ0n) is 7.73. The molecule has 0 aliphatic rings. The highest BCUT2D eigenvalue weighted by molar-refractivity contribution is 7.13. The normalized spacial score (nSPS) is 12.9. The Hall–Kier alpha value is -1.42. The molecule has 2 aromatic rings. The molecule has 72 valence electrons. The summed E-state index contributed by atoms with van der Waals surface area (Å²) in [5, 5.41) is 1.03. The number of rotatable bonds is 2. The molecule has 0 saturated heterocycles. The van der Waals surface area contributed by atoms with Gasteiger partial charge in [-0.05, 0) is 24.5 Å². The minimum Gasteiger partial charge on any atom is -0.369 e. The third-order valence-electron chi connectivity index (χ3n) is 2.24. The van der Waals surface area contributed by atoms with E-state index in [-0.39, 0.29) is 11.8 Å². The molecule has 0 aliphatic carbocycles. The van der Waals surface area contributed by atoms with Crippen LogP contribution in [-0.2, 0) is 4.79 Å². The molecular weight excluding hydrogens is 196 g/mol. The van der Waals surface area contributed by atoms with Gasteiger partial charge in [0.25, 0.3) is 0 Å². The van der Waals surface area contributed by atoms with Crippen molar-refractivity contribution in [3.63, 3.8) is 0 Å². The number of nitrogens with zero attached hydrogens (tertiary/aromatic N) is 1. The average Bonchev–Trinajstić information content (AvgIpc) is 2.60. The van der Waals surface area contributed by atoms with E-state index in [1.54, 1.807) is 6.92 Å². The van der Waals surface area contributed by atoms with Gasteiger partial charge in [-0.2, -0.15) is 4.37 Å². The van der Waals surface area contributed by atoms with Crippen LogP contribution in [0.3, 0.4) is 0 Å². The SMILES string of the molecule is CC(C(N)=O)c1nsc2ccccc12. The molecule has 1 heterocycles. The number of carbonyl (C=O) groups is 1. The van der Waals surface area contributed by atoms with Crippen LogP contribution in [0.4, 0.5) is 0 Å². The number of amides is 1. The summed E-state index contributed by atoms with van der Waals surface area (Å²) in [7, 11) is 0. The van der Waals surface area contributed by atoms with E-state index >= 15 is 0 Å². The van der Waals surface area contributed by atoms with Crippen molar-refractivity contribution in [3.8, 4) is 0 Å². The molecule has 1 aromatic carbocycles. The van der Waals surface area contributed by atoms with Gasteiger partial charge in [-0.25, -0.2) is 0 Å². The first-order valence-electron chi connectivity index (χ1n) is 4.34. The summed E-state index contributed by atoms with van der Waals surface area (Å²) < 4.78 is 5.35. The van der Waals surface area contributed by atoms with E-state index in [4.69, 9.17) is 5.73 Å². The molecule has 14 heavy (non-hydrogen) atoms. The second-order valence-corrected chi connectivity index (χ2v) is 3.99. The molecule has 0 spiro atoms. The van der Waals surface area contributed by atoms with Crippen molar-refractivity contribution in [2.75, 3.05) is 0 Å². The number of aromatic nitrogens is 1. The Labute approximate surface area is 85.7 Å². The van der Waals surface area contributed by atoms with Gasteiger partial charge in [0.2, 0.25) is 5.91 Å². The molecule has 0 saturated carbocycles. The van der Waals surface area contributed by atoms with E-state index in [1.165, 1.54) is 11.5 Å². The summed E-state index contributed by atoms with van der Waals surface area (Å²) in [6.45, 7) is 1.78. The number of nitrogens with two attached hydrogens (primary N) is 1. The number of benzene rings is 1. The Balaban J connectivity index is 2.58. The lowest BCUT2D eigenvalue weighted by Crippen LogP contribution is -2.19. The van der Waals surface area contributed by atoms with Crippen LogP contribution >= 0.6 is 11.5 Å². The Morgan fingerprint density at radius 3 is 2.93 bits per heavy atom. The van der Waals surface area contributed by atoms with Gasteiger partial charge in [-0.1, -0.05) is 18.2 Å². The zero-order chi connectivity index (χ0) is 10.1. The molecule has 4 heteroatoms. The summed E-state index contributed by atoms with van der Waals surface area (Å²) in [6, 6.07) is 7.85. The van der Waals surface area contributed by atoms with Crippen LogP contribution in [-0.4, -0.2) is 10.3 Å². The quantitative estimate of drug-likeness (QED) is 0.815. The number of fused-ring (bicyclic) bond motifs is 1. The Bertz CT molecular complexity index is 478. The van der Waals surface area contributed by atoms with Gasteiger partial charge >= 0.3 is 0 Å². The molecule has 1 aromatic heterocycles. The first kappa shape index (κ1) is 9.15. The van der Waals surface area contributed by atoms with Gasteiger partial charge in [0.1, 0.15) is 0 Å². The lowest BCUT2D eigenvalue weighted by atomic mass is 10.0. The molecule has 3 nitrogen and oxygen atoms in total. The smallest absolute Gasteiger partial charge is 0.226 e. The fourth-order valence-electron chi connectivity index (χ4n) is 1.35. The van der Waals surface area contributed by atoms with Gasteiger partial charge in [0.15, 0.2) is 0 Å². The van der Waals surface area contributed by atoms with Gasteiger partial charge in [-0.3, -0.25) is 4.79 Å². The maximum atomic E-state index is 11.0. The third-order valence-corrected chi connectivity index (χ3v) is 3.08. The maximum Gasteiger partial charge on any atom is 0.226 e. The number of primary amides is 1. The highest BCUT2D eigenvalue weighted by Crippen LogP contribution is 2.27. The van der Waals surface area contributed by atoms with Crippen molar-refractivity contribution >= 4 is 27.5 Å². The van der Waals surface area contributed by atoms with E-state index in [9.17, 15) is 4.79 Å². The molecule has 0 bridgehead atoms. The predicted molar refractivity (Wildman–Crippen MR) is 57.2 cm³/mol. The summed E-state index contributed by atoms with van der Waals surface area (Å²) in [5.41, 5.74) is 6.03. The summed E-state index contributed by atoms with van der Waals surface area (Å²) in [4.78, 5) is 11.0. The Kier molecular flexibility index (Phi) is 2.21. The second-order valence-electron chi connectivity index (χ2n) is 3.19. The lowest BCUT2D eigenvalue weighted by molar-refractivity contribution is -0.119. The van der Waals surface area contributed by atoms with Gasteiger partial charge in [-0.15, -0.1) is 0 Å². The van der Waals surface area contributed by atoms with E-state index < -0.39 is 0 Å². The molecule has 1 atom stereocenters. The van der Waals surface area contributed by atoms with Crippen LogP contribution in [0.15, 0.2) is 24.3 Å². The number of carbonyl (C=O) groups excluding carboxylic acids is 1. The van der Waals surface area contributed by atoms with Crippen LogP contribution in [0.2, 0.25) is 0 Å². The molecule has 2 N–H and O–H groups in total. The predicted octanol–water partition coefficient (Wildman–Crippen LogP) is 1.89. The summed E-state index contributed by atoms with van der Waals surface area (Å²) in [5.74, 6) is -0.646. The first-order valence-corrected chi connectivity index (χ1v) is 5.11. The van der Waals surface area contributed by atoms with Crippen molar-refractivity contribution < 1.29 is 4.79 Å². The van der Waals surface area contributed by atoms with Crippen molar-refractivity contribution in [3.05, 3.63) is 30.0 Å². The third kappa shape index (κ3) is 1.37. The highest BCUT2D eigenvalue weighted by Gasteiger charge is 2.17. The van der Waals surface area contributed by atoms with E-state index in [0.29, 0.717) is 0 Å². The molecule has 2 rings (SSSR count). The van der Waals surface area contributed by atoms with Crippen molar-refractivity contribution in [1.82, 2.24) is 4.37 Å². The van der Waals surface area contributed by atoms with E-state index in [2.05, 4.69) is 4.37 Å². The molecular formula is C10H10N2OS. The summed E-state index contributed by atoms with van der Waals surface area (Å²) >= 11 is 1.40. The standard InChI is InChI=1S/C10H10N2OS/c1-6(10(11)13)9-7-4-2-3-5-8(7)14-12-9/h2-6H,1H3,(H2,11,13). The van der Waals surface area contributed by atoms with Crippen LogP contribution in [0.5, 0.6) is 0 Å². The van der Waals surface area contributed by atoms with Crippen molar-refractivity contribution in [2.45, 2.75) is 12.8 Å². The van der Waals surface area contributed by atoms with Gasteiger partial charge < -0.3 is 5.73 Å². The van der Waals surface area contributed by atoms with Crippen LogP contribution < -0.4 is 5.73 Å². The highest BCUT2D eigenvalue weighted by atomic mass is 32.1. The molecule has 0 radical (unpaired) electrons. The van der Waals surface area contributed by atoms with E-state index in [1.807, 2.05) is 24.3 Å². The minimum atomic E-state index is -0.332. The monoisotopic (exact) mass is 206 g/mol. The zero-order valence-corrected chi connectivity index (χ0v) is 8.54. The van der Waals surface area contributed by atoms with Crippen molar-refractivity contribution in [1.29, 1.82) is 0 Å². The second kappa shape index (κ2) is 3.38. The van der Waals surface area contributed by atoms with Crippen molar-refractivity contribution in [2.24, 2.45) is 5.73 Å². The number of hydrogen-bond donors (Lipinski definition) is 1. The Morgan fingerprint density at radius 1 is 1.50 bits per heavy atom. The maximum absolute atomic E-state index is 11.0. The molecule has 0 fully saturated rings. The molecule has 1 unspecified atom stereocenters. The van der Waals surface area contributed by atoms with Crippen LogP contribution in [0, 0.1) is 0 Å². The van der Waals surface area contributed by atoms with Crippen LogP contribution in [0.1, 0.15) is 18.5 Å². The summed E-state index contributed by atoms with van der Waals surface area (Å²) in [6.07, 6.45) is 0. The van der Waals surface area contributed by atoms with E-state index in [0.717, 1.165) is 15.8 Å². The minimum absolute atomic E-state index is 0.314. The molecule has 1 amide bonds. The fraction of sp³-hybridized carbons (Fsp3) is 0.200. The topological polar surface area (TPSA) is 56.0 Å². The Morgan fingerprint density at radius 2 is 2.21 bits per heavy atom. The van der Waals surface area contributed by atoms with Gasteiger partial charge in [0.05, 0.1) is 16.3 Å². The first-order chi connectivity index (χ1) is 6.70. The average molecular weight is 206 g/mol. The largest absolute Gasteiger partial charge is 0.369 e. The number of hydrogen-bond acceptors (Lipinski definition) is 3. The van der Waals surface area contributed by atoms with Crippen LogP contribution in [0.25, 0.3) is 10.1 Å². The molecule has 0 aliphatic heterocycles. The lowest BCUT2D eigenvalue weighted by Gasteiger charge is -2.02. The fourth-order valence-corrected chi connectivity index (χ4v) is 2.22. The van der Waals surface area contributed by atoms with Gasteiger partial charge in [0, 0.05) is 5.39 Å².